The summed E-state index contributed by atoms with van der Waals surface area (Å²) in [6.45, 7) is 7.96. The first kappa shape index (κ1) is 18.8. The van der Waals surface area contributed by atoms with Gasteiger partial charge in [0.2, 0.25) is 0 Å². The Kier molecular flexibility index (Phi) is 4.15. The second kappa shape index (κ2) is 6.64. The van der Waals surface area contributed by atoms with Gasteiger partial charge in [0.1, 0.15) is 5.82 Å². The molecule has 0 amide bonds. The molecule has 0 radical (unpaired) electrons. The molecule has 30 heavy (non-hydrogen) atoms. The fourth-order valence-corrected chi connectivity index (χ4v) is 4.98. The smallest absolute Gasteiger partial charge is 0.274 e. The molecular formula is C24H20FN3OS. The van der Waals surface area contributed by atoms with E-state index in [2.05, 4.69) is 4.98 Å². The zero-order valence-corrected chi connectivity index (χ0v) is 18.0. The maximum Gasteiger partial charge on any atom is 0.274 e. The molecule has 0 unspecified atom stereocenters. The predicted octanol–water partition coefficient (Wildman–Crippen LogP) is 4.62. The average Bonchev–Trinajstić information content (AvgIpc) is 3.29. The molecule has 0 fully saturated rings. The van der Waals surface area contributed by atoms with Crippen molar-refractivity contribution in [1.29, 1.82) is 0 Å². The number of fused-ring (bicyclic) bond motifs is 3. The molecule has 5 aromatic rings. The highest BCUT2D eigenvalue weighted by atomic mass is 32.1. The summed E-state index contributed by atoms with van der Waals surface area (Å²) in [6, 6.07) is 12.7. The van der Waals surface area contributed by atoms with E-state index in [1.807, 2.05) is 62.6 Å². The molecule has 2 aromatic carbocycles. The van der Waals surface area contributed by atoms with Crippen LogP contribution in [0.4, 0.5) is 4.39 Å². The lowest BCUT2D eigenvalue weighted by Crippen LogP contribution is -2.22. The molecule has 0 aliphatic carbocycles. The van der Waals surface area contributed by atoms with Crippen molar-refractivity contribution in [1.82, 2.24) is 14.0 Å². The van der Waals surface area contributed by atoms with Crippen LogP contribution in [-0.2, 0) is 0 Å². The Morgan fingerprint density at radius 2 is 1.77 bits per heavy atom. The van der Waals surface area contributed by atoms with E-state index in [4.69, 9.17) is 0 Å². The van der Waals surface area contributed by atoms with Crippen molar-refractivity contribution in [2.45, 2.75) is 27.7 Å². The van der Waals surface area contributed by atoms with Crippen LogP contribution in [0.5, 0.6) is 0 Å². The fraction of sp³-hybridized carbons (Fsp3) is 0.167. The summed E-state index contributed by atoms with van der Waals surface area (Å²) >= 11 is 1.38. The van der Waals surface area contributed by atoms with Gasteiger partial charge in [-0.25, -0.2) is 13.8 Å². The third-order valence-corrected chi connectivity index (χ3v) is 6.67. The first-order valence-corrected chi connectivity index (χ1v) is 10.5. The molecule has 0 spiro atoms. The first-order valence-electron chi connectivity index (χ1n) is 9.73. The fourth-order valence-electron chi connectivity index (χ4n) is 4.00. The van der Waals surface area contributed by atoms with Crippen LogP contribution in [0.15, 0.2) is 47.3 Å². The Morgan fingerprint density at radius 1 is 1.03 bits per heavy atom. The molecule has 5 rings (SSSR count). The Balaban J connectivity index is 1.72. The lowest BCUT2D eigenvalue weighted by Gasteiger charge is -2.10. The highest BCUT2D eigenvalue weighted by Crippen LogP contribution is 2.24. The van der Waals surface area contributed by atoms with Gasteiger partial charge in [0.15, 0.2) is 4.96 Å². The van der Waals surface area contributed by atoms with E-state index < -0.39 is 0 Å². The van der Waals surface area contributed by atoms with Crippen molar-refractivity contribution in [2.75, 3.05) is 0 Å². The Bertz CT molecular complexity index is 1570. The number of hydrogen-bond acceptors (Lipinski definition) is 3. The number of hydrogen-bond donors (Lipinski definition) is 0. The van der Waals surface area contributed by atoms with Crippen molar-refractivity contribution in [2.24, 2.45) is 0 Å². The van der Waals surface area contributed by atoms with Gasteiger partial charge >= 0.3 is 0 Å². The van der Waals surface area contributed by atoms with Crippen molar-refractivity contribution in [3.63, 3.8) is 0 Å². The highest BCUT2D eigenvalue weighted by Gasteiger charge is 2.15. The summed E-state index contributed by atoms with van der Waals surface area (Å²) in [5, 5.41) is 0. The number of aromatic nitrogens is 3. The molecule has 0 bridgehead atoms. The molecule has 0 saturated heterocycles. The van der Waals surface area contributed by atoms with Gasteiger partial charge in [-0.15, -0.1) is 0 Å². The second-order valence-corrected chi connectivity index (χ2v) is 8.69. The summed E-state index contributed by atoms with van der Waals surface area (Å²) < 4.78 is 18.5. The zero-order valence-electron chi connectivity index (χ0n) is 17.2. The van der Waals surface area contributed by atoms with E-state index in [9.17, 15) is 9.18 Å². The van der Waals surface area contributed by atoms with Gasteiger partial charge in [-0.1, -0.05) is 23.5 Å². The van der Waals surface area contributed by atoms with Crippen LogP contribution in [-0.4, -0.2) is 14.0 Å². The largest absolute Gasteiger partial charge is 0.315 e. The van der Waals surface area contributed by atoms with E-state index in [-0.39, 0.29) is 11.4 Å². The summed E-state index contributed by atoms with van der Waals surface area (Å²) in [4.78, 5) is 18.5. The van der Waals surface area contributed by atoms with E-state index in [0.717, 1.165) is 39.1 Å². The molecule has 150 valence electrons. The predicted molar refractivity (Wildman–Crippen MR) is 120 cm³/mol. The molecule has 6 heteroatoms. The summed E-state index contributed by atoms with van der Waals surface area (Å²) in [5.74, 6) is -0.276. The van der Waals surface area contributed by atoms with Crippen LogP contribution in [0.1, 0.15) is 28.1 Å². The molecule has 3 aromatic heterocycles. The van der Waals surface area contributed by atoms with Crippen LogP contribution in [0, 0.1) is 33.5 Å². The number of nitrogens with zero attached hydrogens (tertiary/aromatic N) is 3. The zero-order chi connectivity index (χ0) is 21.2. The van der Waals surface area contributed by atoms with Crippen LogP contribution in [0.25, 0.3) is 27.8 Å². The third-order valence-electron chi connectivity index (χ3n) is 5.70. The molecule has 0 aliphatic heterocycles. The average molecular weight is 418 g/mol. The maximum absolute atomic E-state index is 14.4. The molecule has 0 atom stereocenters. The van der Waals surface area contributed by atoms with E-state index in [1.54, 1.807) is 16.5 Å². The van der Waals surface area contributed by atoms with Crippen molar-refractivity contribution in [3.8, 4) is 5.69 Å². The second-order valence-electron chi connectivity index (χ2n) is 7.68. The summed E-state index contributed by atoms with van der Waals surface area (Å²) in [6.07, 6.45) is 1.88. The highest BCUT2D eigenvalue weighted by molar-refractivity contribution is 7.15. The Hall–Kier alpha value is -3.25. The number of para-hydroxylation sites is 1. The lowest BCUT2D eigenvalue weighted by molar-refractivity contribution is 0.616. The number of thiazole rings is 1. The third kappa shape index (κ3) is 2.71. The molecule has 0 N–H and O–H groups in total. The Morgan fingerprint density at radius 3 is 2.53 bits per heavy atom. The van der Waals surface area contributed by atoms with E-state index >= 15 is 0 Å². The monoisotopic (exact) mass is 417 g/mol. The lowest BCUT2D eigenvalue weighted by atomic mass is 10.1. The minimum Gasteiger partial charge on any atom is -0.315 e. The van der Waals surface area contributed by atoms with Crippen LogP contribution in [0.3, 0.4) is 0 Å². The van der Waals surface area contributed by atoms with Crippen LogP contribution < -0.4 is 10.1 Å². The van der Waals surface area contributed by atoms with Gasteiger partial charge in [0.05, 0.1) is 21.3 Å². The van der Waals surface area contributed by atoms with Gasteiger partial charge in [0, 0.05) is 11.4 Å². The first-order chi connectivity index (χ1) is 14.3. The van der Waals surface area contributed by atoms with Crippen LogP contribution in [0.2, 0.25) is 0 Å². The molecular weight excluding hydrogens is 397 g/mol. The van der Waals surface area contributed by atoms with Gasteiger partial charge in [-0.3, -0.25) is 4.79 Å². The SMILES string of the molecule is Cc1cc2nc3s/c(=C\c4cc(C)n(-c5ccccc5F)c4C)c(=O)n3c2cc1C. The van der Waals surface area contributed by atoms with Crippen molar-refractivity contribution in [3.05, 3.63) is 91.2 Å². The molecule has 3 heterocycles. The number of aryl methyl sites for hydroxylation is 3. The molecule has 0 saturated carbocycles. The minimum absolute atomic E-state index is 0.0727. The van der Waals surface area contributed by atoms with Gasteiger partial charge < -0.3 is 4.57 Å². The number of rotatable bonds is 2. The minimum atomic E-state index is -0.276. The quantitative estimate of drug-likeness (QED) is 0.420. The normalized spacial score (nSPS) is 12.5. The summed E-state index contributed by atoms with van der Waals surface area (Å²) in [7, 11) is 0. The Labute approximate surface area is 176 Å². The van der Waals surface area contributed by atoms with E-state index in [0.29, 0.717) is 15.2 Å². The maximum atomic E-state index is 14.4. The van der Waals surface area contributed by atoms with Gasteiger partial charge in [-0.05, 0) is 80.8 Å². The molecule has 0 aliphatic rings. The standard InChI is InChI=1S/C24H20FN3OS/c1-13-9-19-21(10-14(13)2)28-23(29)22(30-24(28)26-19)12-17-11-15(3)27(16(17)4)20-8-6-5-7-18(20)25/h5-12H,1-4H3/b22-12-. The summed E-state index contributed by atoms with van der Waals surface area (Å²) in [5.41, 5.74) is 7.10. The van der Waals surface area contributed by atoms with Crippen molar-refractivity contribution >= 4 is 33.4 Å². The van der Waals surface area contributed by atoms with E-state index in [1.165, 1.54) is 17.4 Å². The van der Waals surface area contributed by atoms with Gasteiger partial charge in [-0.2, -0.15) is 0 Å². The number of benzene rings is 2. The number of halogens is 1. The topological polar surface area (TPSA) is 39.3 Å². The van der Waals surface area contributed by atoms with Crippen molar-refractivity contribution < 1.29 is 4.39 Å². The molecule has 4 nitrogen and oxygen atoms in total. The van der Waals surface area contributed by atoms with Crippen LogP contribution >= 0.6 is 11.3 Å². The number of imidazole rings is 1. The van der Waals surface area contributed by atoms with Gasteiger partial charge in [0.25, 0.3) is 5.56 Å².